The van der Waals surface area contributed by atoms with E-state index in [1.807, 2.05) is 6.92 Å². The summed E-state index contributed by atoms with van der Waals surface area (Å²) in [6, 6.07) is 2.75. The number of hydrogen-bond donors (Lipinski definition) is 0. The predicted molar refractivity (Wildman–Crippen MR) is 69.2 cm³/mol. The van der Waals surface area contributed by atoms with Gasteiger partial charge in [0.2, 0.25) is 0 Å². The molecule has 0 amide bonds. The Kier molecular flexibility index (Phi) is 4.36. The number of likely N-dealkylation sites (N-methyl/N-ethyl adjacent to an activating group) is 1. The molecule has 0 bridgehead atoms. The fourth-order valence-electron chi connectivity index (χ4n) is 2.35. The third-order valence-electron chi connectivity index (χ3n) is 3.45. The average Bonchev–Trinajstić information content (AvgIpc) is 2.85. The highest BCUT2D eigenvalue weighted by atomic mass is 19.4. The molecule has 1 aromatic rings. The first-order valence-corrected chi connectivity index (χ1v) is 6.56. The van der Waals surface area contributed by atoms with Gasteiger partial charge in [-0.3, -0.25) is 15.0 Å². The highest BCUT2D eigenvalue weighted by molar-refractivity contribution is 5.47. The van der Waals surface area contributed by atoms with Gasteiger partial charge in [0.15, 0.2) is 0 Å². The van der Waals surface area contributed by atoms with Crippen LogP contribution in [0.15, 0.2) is 18.2 Å². The van der Waals surface area contributed by atoms with E-state index in [-0.39, 0.29) is 11.9 Å². The second-order valence-corrected chi connectivity index (χ2v) is 4.86. The highest BCUT2D eigenvalue weighted by Crippen LogP contribution is 2.38. The van der Waals surface area contributed by atoms with E-state index in [0.717, 1.165) is 25.6 Å². The zero-order valence-corrected chi connectivity index (χ0v) is 11.4. The van der Waals surface area contributed by atoms with Crippen LogP contribution in [0, 0.1) is 10.1 Å². The number of hydrogen-bond acceptors (Lipinski definition) is 4. The number of halogens is 3. The summed E-state index contributed by atoms with van der Waals surface area (Å²) in [7, 11) is 0. The zero-order valence-electron chi connectivity index (χ0n) is 11.4. The van der Waals surface area contributed by atoms with Gasteiger partial charge >= 0.3 is 6.18 Å². The lowest BCUT2D eigenvalue weighted by atomic mass is 10.1. The van der Waals surface area contributed by atoms with Crippen LogP contribution in [-0.4, -0.2) is 35.6 Å². The molecule has 2 rings (SSSR count). The number of rotatable bonds is 4. The van der Waals surface area contributed by atoms with Crippen LogP contribution in [0.4, 0.5) is 18.9 Å². The Labute approximate surface area is 119 Å². The molecule has 0 N–H and O–H groups in total. The number of nitro groups is 1. The normalized spacial score (nSPS) is 19.7. The Hall–Kier alpha value is -1.83. The Bertz CT molecular complexity index is 534. The molecule has 1 aliphatic heterocycles. The van der Waals surface area contributed by atoms with E-state index in [2.05, 4.69) is 4.90 Å². The molecule has 0 spiro atoms. The van der Waals surface area contributed by atoms with E-state index >= 15 is 0 Å². The molecule has 1 heterocycles. The lowest BCUT2D eigenvalue weighted by Crippen LogP contribution is -2.24. The zero-order chi connectivity index (χ0) is 15.6. The van der Waals surface area contributed by atoms with Crippen molar-refractivity contribution < 1.29 is 22.8 Å². The first-order valence-electron chi connectivity index (χ1n) is 6.56. The molecule has 1 saturated heterocycles. The predicted octanol–water partition coefficient (Wildman–Crippen LogP) is 3.09. The summed E-state index contributed by atoms with van der Waals surface area (Å²) in [5.74, 6) is 0.0101. The standard InChI is InChI=1S/C13H15F3N2O3/c1-2-17-6-5-10(8-17)21-9-3-4-12(18(19)20)11(7-9)13(14,15)16/h3-4,7,10H,2,5-6,8H2,1H3. The average molecular weight is 304 g/mol. The second kappa shape index (κ2) is 5.88. The SMILES string of the molecule is CCN1CCC(Oc2ccc([N+](=O)[O-])c(C(F)(F)F)c2)C1. The van der Waals surface area contributed by atoms with Crippen LogP contribution in [0.2, 0.25) is 0 Å². The summed E-state index contributed by atoms with van der Waals surface area (Å²) in [5.41, 5.74) is -2.24. The number of nitrogens with zero attached hydrogens (tertiary/aromatic N) is 2. The Morgan fingerprint density at radius 2 is 2.19 bits per heavy atom. The molecule has 8 heteroatoms. The molecule has 21 heavy (non-hydrogen) atoms. The smallest absolute Gasteiger partial charge is 0.423 e. The molecular weight excluding hydrogens is 289 g/mol. The van der Waals surface area contributed by atoms with Crippen molar-refractivity contribution in [3.05, 3.63) is 33.9 Å². The lowest BCUT2D eigenvalue weighted by Gasteiger charge is -2.16. The van der Waals surface area contributed by atoms with E-state index in [9.17, 15) is 23.3 Å². The summed E-state index contributed by atoms with van der Waals surface area (Å²) in [4.78, 5) is 11.7. The van der Waals surface area contributed by atoms with Crippen molar-refractivity contribution in [2.45, 2.75) is 25.6 Å². The summed E-state index contributed by atoms with van der Waals surface area (Å²) in [5, 5.41) is 10.7. The van der Waals surface area contributed by atoms with Gasteiger partial charge in [-0.25, -0.2) is 0 Å². The molecule has 0 saturated carbocycles. The van der Waals surface area contributed by atoms with Gasteiger partial charge < -0.3 is 4.74 Å². The molecule has 1 unspecified atom stereocenters. The molecule has 1 aliphatic rings. The van der Waals surface area contributed by atoms with Crippen LogP contribution in [0.1, 0.15) is 18.9 Å². The van der Waals surface area contributed by atoms with Crippen molar-refractivity contribution in [2.75, 3.05) is 19.6 Å². The largest absolute Gasteiger partial charge is 0.489 e. The maximum absolute atomic E-state index is 12.9. The van der Waals surface area contributed by atoms with Crippen LogP contribution < -0.4 is 4.74 Å². The molecule has 1 fully saturated rings. The third-order valence-corrected chi connectivity index (χ3v) is 3.45. The minimum atomic E-state index is -4.78. The fourth-order valence-corrected chi connectivity index (χ4v) is 2.35. The van der Waals surface area contributed by atoms with Gasteiger partial charge in [-0.05, 0) is 25.1 Å². The monoisotopic (exact) mass is 304 g/mol. The van der Waals surface area contributed by atoms with Crippen LogP contribution >= 0.6 is 0 Å². The first-order chi connectivity index (χ1) is 9.81. The molecule has 0 aromatic heterocycles. The number of likely N-dealkylation sites (tertiary alicyclic amines) is 1. The molecule has 5 nitrogen and oxygen atoms in total. The minimum Gasteiger partial charge on any atom is -0.489 e. The van der Waals surface area contributed by atoms with Gasteiger partial charge in [-0.2, -0.15) is 13.2 Å². The molecule has 0 aliphatic carbocycles. The Balaban J connectivity index is 2.20. The number of benzene rings is 1. The van der Waals surface area contributed by atoms with Crippen molar-refractivity contribution in [3.8, 4) is 5.75 Å². The van der Waals surface area contributed by atoms with Crippen molar-refractivity contribution in [2.24, 2.45) is 0 Å². The van der Waals surface area contributed by atoms with E-state index in [0.29, 0.717) is 12.6 Å². The highest BCUT2D eigenvalue weighted by Gasteiger charge is 2.39. The van der Waals surface area contributed by atoms with Crippen LogP contribution in [0.25, 0.3) is 0 Å². The summed E-state index contributed by atoms with van der Waals surface area (Å²) in [6.45, 7) is 4.33. The first kappa shape index (κ1) is 15.6. The molecule has 0 radical (unpaired) electrons. The third kappa shape index (κ3) is 3.63. The molecular formula is C13H15F3N2O3. The minimum absolute atomic E-state index is 0.0101. The van der Waals surface area contributed by atoms with Gasteiger partial charge in [-0.15, -0.1) is 0 Å². The summed E-state index contributed by atoms with van der Waals surface area (Å²) < 4.78 is 44.1. The van der Waals surface area contributed by atoms with Crippen molar-refractivity contribution in [3.63, 3.8) is 0 Å². The maximum atomic E-state index is 12.9. The number of ether oxygens (including phenoxy) is 1. The van der Waals surface area contributed by atoms with E-state index < -0.39 is 22.4 Å². The summed E-state index contributed by atoms with van der Waals surface area (Å²) >= 11 is 0. The van der Waals surface area contributed by atoms with Gasteiger partial charge in [0.25, 0.3) is 5.69 Å². The lowest BCUT2D eigenvalue weighted by molar-refractivity contribution is -0.388. The van der Waals surface area contributed by atoms with Crippen LogP contribution in [0.3, 0.4) is 0 Å². The van der Waals surface area contributed by atoms with Crippen molar-refractivity contribution in [1.82, 2.24) is 4.90 Å². The quantitative estimate of drug-likeness (QED) is 0.633. The molecule has 1 aromatic carbocycles. The fraction of sp³-hybridized carbons (Fsp3) is 0.538. The van der Waals surface area contributed by atoms with E-state index in [4.69, 9.17) is 4.74 Å². The summed E-state index contributed by atoms with van der Waals surface area (Å²) in [6.07, 6.45) is -4.24. The van der Waals surface area contributed by atoms with E-state index in [1.54, 1.807) is 0 Å². The van der Waals surface area contributed by atoms with Crippen LogP contribution in [0.5, 0.6) is 5.75 Å². The topological polar surface area (TPSA) is 55.6 Å². The molecule has 1 atom stereocenters. The number of nitro benzene ring substituents is 1. The van der Waals surface area contributed by atoms with E-state index in [1.165, 1.54) is 6.07 Å². The van der Waals surface area contributed by atoms with Crippen LogP contribution in [-0.2, 0) is 6.18 Å². The van der Waals surface area contributed by atoms with Gasteiger partial charge in [0.1, 0.15) is 17.4 Å². The van der Waals surface area contributed by atoms with Gasteiger partial charge in [0.05, 0.1) is 4.92 Å². The Morgan fingerprint density at radius 1 is 1.48 bits per heavy atom. The van der Waals surface area contributed by atoms with Crippen molar-refractivity contribution >= 4 is 5.69 Å². The Morgan fingerprint density at radius 3 is 2.71 bits per heavy atom. The van der Waals surface area contributed by atoms with Gasteiger partial charge in [0, 0.05) is 19.2 Å². The number of alkyl halides is 3. The second-order valence-electron chi connectivity index (χ2n) is 4.86. The molecule has 116 valence electrons. The van der Waals surface area contributed by atoms with Gasteiger partial charge in [-0.1, -0.05) is 6.92 Å². The van der Waals surface area contributed by atoms with Crippen molar-refractivity contribution in [1.29, 1.82) is 0 Å². The maximum Gasteiger partial charge on any atom is 0.423 e.